The lowest BCUT2D eigenvalue weighted by Crippen LogP contribution is -2.10. The summed E-state index contributed by atoms with van der Waals surface area (Å²) in [6.07, 6.45) is 7.48. The number of aromatic hydroxyl groups is 2. The normalized spacial score (nSPS) is 20.3. The minimum absolute atomic E-state index is 0.0181. The van der Waals surface area contributed by atoms with Crippen LogP contribution in [0.1, 0.15) is 74.6 Å². The molecular formula is C22H32O2. The lowest BCUT2D eigenvalue weighted by molar-refractivity contribution is 0.417. The topological polar surface area (TPSA) is 40.5 Å². The molecule has 132 valence electrons. The lowest BCUT2D eigenvalue weighted by atomic mass is 9.80. The standard InChI is InChI=1S/C22H32O2/c1-7-8-9-10-17-15(5)21(23)20(22(24)16(17)6)19-12-14(4)11-18(19)13(2)3/h12,18-19,23-24H,2,7-11H2,1,3-6H3/t18-,19+/m0/s1. The zero-order valence-electron chi connectivity index (χ0n) is 15.9. The Kier molecular flexibility index (Phi) is 5.79. The van der Waals surface area contributed by atoms with Crippen LogP contribution >= 0.6 is 0 Å². The van der Waals surface area contributed by atoms with Crippen molar-refractivity contribution in [2.75, 3.05) is 0 Å². The van der Waals surface area contributed by atoms with Gasteiger partial charge >= 0.3 is 0 Å². The lowest BCUT2D eigenvalue weighted by Gasteiger charge is -2.25. The van der Waals surface area contributed by atoms with Gasteiger partial charge in [-0.3, -0.25) is 0 Å². The van der Waals surface area contributed by atoms with Crippen LogP contribution in [0.4, 0.5) is 0 Å². The van der Waals surface area contributed by atoms with E-state index < -0.39 is 0 Å². The number of allylic oxidation sites excluding steroid dienone is 3. The van der Waals surface area contributed by atoms with E-state index in [1.54, 1.807) is 0 Å². The zero-order valence-corrected chi connectivity index (χ0v) is 15.9. The van der Waals surface area contributed by atoms with Gasteiger partial charge in [0.15, 0.2) is 0 Å². The van der Waals surface area contributed by atoms with Crippen LogP contribution in [0.3, 0.4) is 0 Å². The highest BCUT2D eigenvalue weighted by molar-refractivity contribution is 5.60. The summed E-state index contributed by atoms with van der Waals surface area (Å²) in [6.45, 7) is 14.4. The van der Waals surface area contributed by atoms with Crippen LogP contribution < -0.4 is 0 Å². The van der Waals surface area contributed by atoms with Crippen molar-refractivity contribution >= 4 is 0 Å². The Bertz CT molecular complexity index is 638. The van der Waals surface area contributed by atoms with Crippen molar-refractivity contribution in [3.8, 4) is 11.5 Å². The van der Waals surface area contributed by atoms with Crippen LogP contribution in [-0.4, -0.2) is 10.2 Å². The van der Waals surface area contributed by atoms with E-state index in [0.29, 0.717) is 5.56 Å². The molecule has 0 unspecified atom stereocenters. The van der Waals surface area contributed by atoms with E-state index in [1.807, 2.05) is 20.8 Å². The molecule has 1 aliphatic rings. The molecule has 2 heteroatoms. The Morgan fingerprint density at radius 1 is 1.12 bits per heavy atom. The maximum atomic E-state index is 10.9. The van der Waals surface area contributed by atoms with Crippen molar-refractivity contribution in [3.05, 3.63) is 46.1 Å². The summed E-state index contributed by atoms with van der Waals surface area (Å²) < 4.78 is 0. The Morgan fingerprint density at radius 2 is 1.71 bits per heavy atom. The summed E-state index contributed by atoms with van der Waals surface area (Å²) >= 11 is 0. The molecule has 1 aliphatic carbocycles. The number of benzene rings is 1. The largest absolute Gasteiger partial charge is 0.507 e. The van der Waals surface area contributed by atoms with Crippen LogP contribution in [0.5, 0.6) is 11.5 Å². The van der Waals surface area contributed by atoms with E-state index in [1.165, 1.54) is 18.4 Å². The highest BCUT2D eigenvalue weighted by Gasteiger charge is 2.33. The molecule has 0 fully saturated rings. The number of phenolic OH excluding ortho intramolecular Hbond substituents is 2. The minimum atomic E-state index is 0.0181. The number of unbranched alkanes of at least 4 members (excludes halogenated alkanes) is 2. The zero-order chi connectivity index (χ0) is 18.0. The van der Waals surface area contributed by atoms with E-state index in [4.69, 9.17) is 0 Å². The maximum Gasteiger partial charge on any atom is 0.126 e. The minimum Gasteiger partial charge on any atom is -0.507 e. The summed E-state index contributed by atoms with van der Waals surface area (Å²) in [7, 11) is 0. The molecule has 1 aromatic carbocycles. The van der Waals surface area contributed by atoms with Crippen LogP contribution in [0.25, 0.3) is 0 Å². The molecule has 2 rings (SSSR count). The fourth-order valence-corrected chi connectivity index (χ4v) is 4.06. The number of hydrogen-bond acceptors (Lipinski definition) is 2. The molecule has 2 nitrogen and oxygen atoms in total. The average molecular weight is 328 g/mol. The van der Waals surface area contributed by atoms with E-state index >= 15 is 0 Å². The second-order valence-electron chi connectivity index (χ2n) is 7.49. The molecule has 0 radical (unpaired) electrons. The second kappa shape index (κ2) is 7.46. The average Bonchev–Trinajstić information content (AvgIpc) is 2.91. The molecule has 2 N–H and O–H groups in total. The third-order valence-corrected chi connectivity index (χ3v) is 5.56. The predicted molar refractivity (Wildman–Crippen MR) is 102 cm³/mol. The quantitative estimate of drug-likeness (QED) is 0.491. The second-order valence-corrected chi connectivity index (χ2v) is 7.49. The maximum absolute atomic E-state index is 10.9. The van der Waals surface area contributed by atoms with Gasteiger partial charge < -0.3 is 10.2 Å². The predicted octanol–water partition coefficient (Wildman–Crippen LogP) is 6.07. The van der Waals surface area contributed by atoms with Crippen molar-refractivity contribution in [2.24, 2.45) is 5.92 Å². The van der Waals surface area contributed by atoms with Crippen molar-refractivity contribution < 1.29 is 10.2 Å². The first-order valence-corrected chi connectivity index (χ1v) is 9.16. The van der Waals surface area contributed by atoms with Gasteiger partial charge in [-0.2, -0.15) is 0 Å². The van der Waals surface area contributed by atoms with E-state index in [-0.39, 0.29) is 23.3 Å². The summed E-state index contributed by atoms with van der Waals surface area (Å²) in [5.74, 6) is 0.815. The first-order chi connectivity index (χ1) is 11.3. The molecule has 0 saturated heterocycles. The van der Waals surface area contributed by atoms with Gasteiger partial charge in [0, 0.05) is 11.5 Å². The number of rotatable bonds is 6. The van der Waals surface area contributed by atoms with Crippen molar-refractivity contribution in [1.29, 1.82) is 0 Å². The molecule has 0 heterocycles. The van der Waals surface area contributed by atoms with Gasteiger partial charge in [0.25, 0.3) is 0 Å². The number of hydrogen-bond donors (Lipinski definition) is 2. The van der Waals surface area contributed by atoms with E-state index in [0.717, 1.165) is 41.5 Å². The van der Waals surface area contributed by atoms with Crippen LogP contribution in [0, 0.1) is 19.8 Å². The Morgan fingerprint density at radius 3 is 2.21 bits per heavy atom. The molecular weight excluding hydrogens is 296 g/mol. The van der Waals surface area contributed by atoms with Gasteiger partial charge in [0.05, 0.1) is 0 Å². The SMILES string of the molecule is C=C(C)[C@@H]1CC(C)=C[C@H]1c1c(O)c(C)c(CCCCC)c(C)c1O. The van der Waals surface area contributed by atoms with Gasteiger partial charge in [-0.05, 0) is 69.6 Å². The van der Waals surface area contributed by atoms with Gasteiger partial charge in [-0.25, -0.2) is 0 Å². The third kappa shape index (κ3) is 3.38. The first-order valence-electron chi connectivity index (χ1n) is 9.16. The van der Waals surface area contributed by atoms with Gasteiger partial charge in [0.2, 0.25) is 0 Å². The fourth-order valence-electron chi connectivity index (χ4n) is 4.06. The van der Waals surface area contributed by atoms with Crippen molar-refractivity contribution in [1.82, 2.24) is 0 Å². The fraction of sp³-hybridized carbons (Fsp3) is 0.545. The van der Waals surface area contributed by atoms with Gasteiger partial charge in [-0.1, -0.05) is 43.6 Å². The van der Waals surface area contributed by atoms with Gasteiger partial charge in [-0.15, -0.1) is 0 Å². The van der Waals surface area contributed by atoms with E-state index in [9.17, 15) is 10.2 Å². The summed E-state index contributed by atoms with van der Waals surface area (Å²) in [4.78, 5) is 0. The molecule has 1 aromatic rings. The smallest absolute Gasteiger partial charge is 0.126 e. The highest BCUT2D eigenvalue weighted by Crippen LogP contribution is 2.50. The van der Waals surface area contributed by atoms with Crippen LogP contribution in [0.2, 0.25) is 0 Å². The van der Waals surface area contributed by atoms with Crippen molar-refractivity contribution in [2.45, 2.75) is 72.6 Å². The first kappa shape index (κ1) is 18.6. The van der Waals surface area contributed by atoms with Crippen molar-refractivity contribution in [3.63, 3.8) is 0 Å². The summed E-state index contributed by atoms with van der Waals surface area (Å²) in [5, 5.41) is 21.7. The highest BCUT2D eigenvalue weighted by atomic mass is 16.3. The Hall–Kier alpha value is -1.70. The number of phenols is 2. The molecule has 24 heavy (non-hydrogen) atoms. The molecule has 0 saturated carbocycles. The molecule has 0 bridgehead atoms. The monoisotopic (exact) mass is 328 g/mol. The molecule has 0 aliphatic heterocycles. The Balaban J connectivity index is 2.50. The summed E-state index contributed by atoms with van der Waals surface area (Å²) in [5.41, 5.74) is 6.05. The molecule has 2 atom stereocenters. The van der Waals surface area contributed by atoms with Crippen LogP contribution in [-0.2, 0) is 6.42 Å². The Labute approximate surface area is 146 Å². The summed E-state index contributed by atoms with van der Waals surface area (Å²) in [6, 6.07) is 0. The van der Waals surface area contributed by atoms with Crippen LogP contribution in [0.15, 0.2) is 23.8 Å². The molecule has 0 spiro atoms. The van der Waals surface area contributed by atoms with Gasteiger partial charge in [0.1, 0.15) is 11.5 Å². The third-order valence-electron chi connectivity index (χ3n) is 5.56. The van der Waals surface area contributed by atoms with E-state index in [2.05, 4.69) is 26.5 Å². The molecule has 0 amide bonds. The molecule has 0 aromatic heterocycles.